The minimum atomic E-state index is -0.185. The van der Waals surface area contributed by atoms with Gasteiger partial charge >= 0.3 is 0 Å². The molecule has 0 bridgehead atoms. The fourth-order valence-corrected chi connectivity index (χ4v) is 2.47. The number of rotatable bonds is 7. The largest absolute Gasteiger partial charge is 0.495 e. The first-order valence-electron chi connectivity index (χ1n) is 8.49. The molecule has 0 heterocycles. The molecule has 6 heteroatoms. The van der Waals surface area contributed by atoms with Gasteiger partial charge in [0.25, 0.3) is 5.91 Å². The summed E-state index contributed by atoms with van der Waals surface area (Å²) in [5, 5.41) is 8.76. The summed E-state index contributed by atoms with van der Waals surface area (Å²) in [7, 11) is 1.56. The van der Waals surface area contributed by atoms with Crippen LogP contribution in [0.1, 0.15) is 29.8 Å². The predicted molar refractivity (Wildman–Crippen MR) is 104 cm³/mol. The topological polar surface area (TPSA) is 79.5 Å². The number of aryl methyl sites for hydroxylation is 1. The monoisotopic (exact) mass is 355 g/mol. The van der Waals surface area contributed by atoms with Crippen LogP contribution in [0.2, 0.25) is 0 Å². The second kappa shape index (κ2) is 8.89. The summed E-state index contributed by atoms with van der Waals surface area (Å²) in [4.78, 5) is 24.2. The average Bonchev–Trinajstić information content (AvgIpc) is 2.60. The van der Waals surface area contributed by atoms with Gasteiger partial charge in [0.2, 0.25) is 5.91 Å². The second-order valence-corrected chi connectivity index (χ2v) is 6.26. The predicted octanol–water partition coefficient (Wildman–Crippen LogP) is 3.19. The van der Waals surface area contributed by atoms with Crippen LogP contribution in [0.25, 0.3) is 0 Å². The second-order valence-electron chi connectivity index (χ2n) is 6.26. The summed E-state index contributed by atoms with van der Waals surface area (Å²) in [6, 6.07) is 12.7. The summed E-state index contributed by atoms with van der Waals surface area (Å²) in [6.07, 6.45) is 0. The van der Waals surface area contributed by atoms with Crippen LogP contribution < -0.4 is 20.7 Å². The lowest BCUT2D eigenvalue weighted by Crippen LogP contribution is -2.30. The molecule has 138 valence electrons. The maximum absolute atomic E-state index is 12.2. The SMILES string of the molecule is COc1ccccc1NC(=O)CNc1ccc(C(=O)NC(C)C)cc1C. The van der Waals surface area contributed by atoms with Crippen molar-refractivity contribution in [2.24, 2.45) is 0 Å². The zero-order chi connectivity index (χ0) is 19.1. The lowest BCUT2D eigenvalue weighted by atomic mass is 10.1. The van der Waals surface area contributed by atoms with Gasteiger partial charge < -0.3 is 20.7 Å². The molecule has 2 rings (SSSR count). The first kappa shape index (κ1) is 19.3. The highest BCUT2D eigenvalue weighted by Crippen LogP contribution is 2.23. The Morgan fingerprint density at radius 2 is 1.81 bits per heavy atom. The Morgan fingerprint density at radius 1 is 1.08 bits per heavy atom. The maximum Gasteiger partial charge on any atom is 0.251 e. The van der Waals surface area contributed by atoms with Crippen LogP contribution >= 0.6 is 0 Å². The molecule has 0 spiro atoms. The summed E-state index contributed by atoms with van der Waals surface area (Å²) >= 11 is 0. The molecule has 0 aromatic heterocycles. The van der Waals surface area contributed by atoms with Crippen molar-refractivity contribution in [3.63, 3.8) is 0 Å². The Balaban J connectivity index is 1.96. The van der Waals surface area contributed by atoms with E-state index in [-0.39, 0.29) is 24.4 Å². The molecule has 0 atom stereocenters. The molecule has 0 unspecified atom stereocenters. The molecule has 0 saturated carbocycles. The smallest absolute Gasteiger partial charge is 0.251 e. The summed E-state index contributed by atoms with van der Waals surface area (Å²) in [5.74, 6) is 0.316. The first-order chi connectivity index (χ1) is 12.4. The number of ether oxygens (including phenoxy) is 1. The van der Waals surface area contributed by atoms with Crippen molar-refractivity contribution in [2.45, 2.75) is 26.8 Å². The van der Waals surface area contributed by atoms with Crippen LogP contribution in [-0.2, 0) is 4.79 Å². The maximum atomic E-state index is 12.2. The number of hydrogen-bond acceptors (Lipinski definition) is 4. The van der Waals surface area contributed by atoms with E-state index in [0.29, 0.717) is 17.0 Å². The Labute approximate surface area is 153 Å². The van der Waals surface area contributed by atoms with Gasteiger partial charge in [-0.05, 0) is 56.7 Å². The number of amides is 2. The zero-order valence-corrected chi connectivity index (χ0v) is 15.6. The fourth-order valence-electron chi connectivity index (χ4n) is 2.47. The van der Waals surface area contributed by atoms with Crippen LogP contribution in [0.3, 0.4) is 0 Å². The van der Waals surface area contributed by atoms with Gasteiger partial charge in [-0.1, -0.05) is 12.1 Å². The lowest BCUT2D eigenvalue weighted by molar-refractivity contribution is -0.114. The number of benzene rings is 2. The Kier molecular flexibility index (Phi) is 6.60. The lowest BCUT2D eigenvalue weighted by Gasteiger charge is -2.13. The number of methoxy groups -OCH3 is 1. The third kappa shape index (κ3) is 5.24. The molecule has 0 aliphatic rings. The molecular weight excluding hydrogens is 330 g/mol. The molecule has 0 fully saturated rings. The highest BCUT2D eigenvalue weighted by Gasteiger charge is 2.10. The van der Waals surface area contributed by atoms with Crippen molar-refractivity contribution < 1.29 is 14.3 Å². The first-order valence-corrected chi connectivity index (χ1v) is 8.49. The minimum Gasteiger partial charge on any atom is -0.495 e. The highest BCUT2D eigenvalue weighted by atomic mass is 16.5. The van der Waals surface area contributed by atoms with Crippen molar-refractivity contribution in [1.29, 1.82) is 0 Å². The number of para-hydroxylation sites is 2. The Hall–Kier alpha value is -3.02. The number of hydrogen-bond donors (Lipinski definition) is 3. The van der Waals surface area contributed by atoms with Gasteiger partial charge in [-0.2, -0.15) is 0 Å². The minimum absolute atomic E-state index is 0.0827. The zero-order valence-electron chi connectivity index (χ0n) is 15.6. The number of carbonyl (C=O) groups excluding carboxylic acids is 2. The number of anilines is 2. The van der Waals surface area contributed by atoms with Crippen LogP contribution in [0.15, 0.2) is 42.5 Å². The van der Waals surface area contributed by atoms with Gasteiger partial charge in [0.1, 0.15) is 5.75 Å². The highest BCUT2D eigenvalue weighted by molar-refractivity contribution is 5.96. The molecule has 0 aliphatic carbocycles. The molecule has 2 aromatic carbocycles. The van der Waals surface area contributed by atoms with Crippen molar-refractivity contribution >= 4 is 23.2 Å². The quantitative estimate of drug-likeness (QED) is 0.713. The van der Waals surface area contributed by atoms with Gasteiger partial charge in [0.05, 0.1) is 19.3 Å². The van der Waals surface area contributed by atoms with Crippen LogP contribution in [0.4, 0.5) is 11.4 Å². The molecule has 3 N–H and O–H groups in total. The van der Waals surface area contributed by atoms with Gasteiger partial charge in [0, 0.05) is 17.3 Å². The Morgan fingerprint density at radius 3 is 2.46 bits per heavy atom. The third-order valence-corrected chi connectivity index (χ3v) is 3.73. The van der Waals surface area contributed by atoms with Crippen molar-refractivity contribution in [3.05, 3.63) is 53.6 Å². The van der Waals surface area contributed by atoms with E-state index in [4.69, 9.17) is 4.74 Å². The molecule has 2 aromatic rings. The van der Waals surface area contributed by atoms with Crippen LogP contribution in [-0.4, -0.2) is 31.5 Å². The van der Waals surface area contributed by atoms with E-state index < -0.39 is 0 Å². The number of nitrogens with one attached hydrogen (secondary N) is 3. The van der Waals surface area contributed by atoms with Crippen molar-refractivity contribution in [3.8, 4) is 5.75 Å². The summed E-state index contributed by atoms with van der Waals surface area (Å²) in [6.45, 7) is 5.84. The third-order valence-electron chi connectivity index (χ3n) is 3.73. The van der Waals surface area contributed by atoms with E-state index >= 15 is 0 Å². The number of carbonyl (C=O) groups is 2. The van der Waals surface area contributed by atoms with Crippen LogP contribution in [0, 0.1) is 6.92 Å². The van der Waals surface area contributed by atoms with E-state index in [1.54, 1.807) is 37.4 Å². The van der Waals surface area contributed by atoms with E-state index in [9.17, 15) is 9.59 Å². The van der Waals surface area contributed by atoms with Crippen molar-refractivity contribution in [1.82, 2.24) is 5.32 Å². The Bertz CT molecular complexity index is 788. The summed E-state index contributed by atoms with van der Waals surface area (Å²) < 4.78 is 5.22. The summed E-state index contributed by atoms with van der Waals surface area (Å²) in [5.41, 5.74) is 2.92. The molecule has 6 nitrogen and oxygen atoms in total. The molecule has 26 heavy (non-hydrogen) atoms. The van der Waals surface area contributed by atoms with Gasteiger partial charge in [-0.25, -0.2) is 0 Å². The normalized spacial score (nSPS) is 10.3. The van der Waals surface area contributed by atoms with E-state index in [1.807, 2.05) is 32.9 Å². The van der Waals surface area contributed by atoms with Crippen LogP contribution in [0.5, 0.6) is 5.75 Å². The molecule has 0 radical (unpaired) electrons. The standard InChI is InChI=1S/C20H25N3O3/c1-13(2)22-20(25)15-9-10-16(14(3)11-15)21-12-19(24)23-17-7-5-6-8-18(17)26-4/h5-11,13,21H,12H2,1-4H3,(H,22,25)(H,23,24). The molecule has 2 amide bonds. The average molecular weight is 355 g/mol. The van der Waals surface area contributed by atoms with Crippen molar-refractivity contribution in [2.75, 3.05) is 24.3 Å². The fraction of sp³-hybridized carbons (Fsp3) is 0.300. The molecule has 0 saturated heterocycles. The van der Waals surface area contributed by atoms with E-state index in [1.165, 1.54) is 0 Å². The van der Waals surface area contributed by atoms with E-state index in [2.05, 4.69) is 16.0 Å². The van der Waals surface area contributed by atoms with Gasteiger partial charge in [-0.15, -0.1) is 0 Å². The van der Waals surface area contributed by atoms with Gasteiger partial charge in [-0.3, -0.25) is 9.59 Å². The van der Waals surface area contributed by atoms with E-state index in [0.717, 1.165) is 11.3 Å². The molecular formula is C20H25N3O3. The van der Waals surface area contributed by atoms with Gasteiger partial charge in [0.15, 0.2) is 0 Å². The molecule has 0 aliphatic heterocycles.